The quantitative estimate of drug-likeness (QED) is 0.853. The number of carbonyl (C=O) groups is 1. The summed E-state index contributed by atoms with van der Waals surface area (Å²) < 4.78 is 0. The smallest absolute Gasteiger partial charge is 0.238 e. The first-order chi connectivity index (χ1) is 10.1. The van der Waals surface area contributed by atoms with Crippen LogP contribution in [-0.4, -0.2) is 55.5 Å². The molecular formula is C16H26N4O. The number of benzene rings is 1. The molecule has 21 heavy (non-hydrogen) atoms. The Labute approximate surface area is 127 Å². The predicted octanol–water partition coefficient (Wildman–Crippen LogP) is 1.11. The second-order valence-electron chi connectivity index (χ2n) is 5.90. The van der Waals surface area contributed by atoms with Gasteiger partial charge in [-0.1, -0.05) is 18.2 Å². The Hall–Kier alpha value is -1.43. The van der Waals surface area contributed by atoms with Gasteiger partial charge in [0.1, 0.15) is 0 Å². The van der Waals surface area contributed by atoms with E-state index in [9.17, 15) is 4.79 Å². The fourth-order valence-corrected chi connectivity index (χ4v) is 2.81. The van der Waals surface area contributed by atoms with E-state index in [2.05, 4.69) is 29.2 Å². The molecule has 1 aromatic rings. The third-order valence-electron chi connectivity index (χ3n) is 4.09. The van der Waals surface area contributed by atoms with E-state index in [1.165, 1.54) is 6.42 Å². The number of para-hydroxylation sites is 1. The van der Waals surface area contributed by atoms with Crippen LogP contribution in [0.1, 0.15) is 18.4 Å². The molecule has 1 aliphatic rings. The van der Waals surface area contributed by atoms with Gasteiger partial charge in [0.2, 0.25) is 5.91 Å². The summed E-state index contributed by atoms with van der Waals surface area (Å²) in [7, 11) is 4.21. The summed E-state index contributed by atoms with van der Waals surface area (Å²) in [6.07, 6.45) is 2.36. The topological polar surface area (TPSA) is 61.6 Å². The molecule has 1 aliphatic heterocycles. The zero-order valence-corrected chi connectivity index (χ0v) is 13.0. The van der Waals surface area contributed by atoms with E-state index in [1.807, 2.05) is 24.3 Å². The van der Waals surface area contributed by atoms with Crippen molar-refractivity contribution in [3.05, 3.63) is 29.8 Å². The number of nitrogens with zero attached hydrogens (tertiary/aromatic N) is 2. The van der Waals surface area contributed by atoms with Crippen LogP contribution in [0.4, 0.5) is 5.69 Å². The maximum Gasteiger partial charge on any atom is 0.238 e. The summed E-state index contributed by atoms with van der Waals surface area (Å²) in [4.78, 5) is 16.7. The number of amides is 1. The van der Waals surface area contributed by atoms with Crippen molar-refractivity contribution < 1.29 is 4.79 Å². The van der Waals surface area contributed by atoms with Crippen LogP contribution in [0, 0.1) is 0 Å². The lowest BCUT2D eigenvalue weighted by molar-refractivity contribution is -0.117. The molecule has 3 N–H and O–H groups in total. The highest BCUT2D eigenvalue weighted by Crippen LogP contribution is 2.16. The van der Waals surface area contributed by atoms with E-state index >= 15 is 0 Å². The lowest BCUT2D eigenvalue weighted by Gasteiger charge is -2.35. The number of carbonyl (C=O) groups excluding carboxylic acids is 1. The number of anilines is 1. The monoisotopic (exact) mass is 290 g/mol. The minimum Gasteiger partial charge on any atom is -0.326 e. The zero-order chi connectivity index (χ0) is 15.2. The van der Waals surface area contributed by atoms with E-state index in [0.29, 0.717) is 19.1 Å². The summed E-state index contributed by atoms with van der Waals surface area (Å²) in [6.45, 7) is 2.83. The molecule has 0 spiro atoms. The number of rotatable bonds is 5. The number of piperidine rings is 1. The van der Waals surface area contributed by atoms with Crippen molar-refractivity contribution in [2.24, 2.45) is 5.73 Å². The van der Waals surface area contributed by atoms with E-state index in [1.54, 1.807) is 0 Å². The van der Waals surface area contributed by atoms with Gasteiger partial charge in [-0.05, 0) is 45.1 Å². The number of hydrogen-bond donors (Lipinski definition) is 2. The summed E-state index contributed by atoms with van der Waals surface area (Å²) in [6, 6.07) is 8.24. The van der Waals surface area contributed by atoms with Crippen molar-refractivity contribution in [1.29, 1.82) is 0 Å². The van der Waals surface area contributed by atoms with Crippen LogP contribution in [0.3, 0.4) is 0 Å². The average molecular weight is 290 g/mol. The van der Waals surface area contributed by atoms with Crippen LogP contribution in [-0.2, 0) is 11.3 Å². The molecule has 0 radical (unpaired) electrons. The van der Waals surface area contributed by atoms with Crippen LogP contribution >= 0.6 is 0 Å². The average Bonchev–Trinajstić information content (AvgIpc) is 2.48. The van der Waals surface area contributed by atoms with Crippen LogP contribution in [0.2, 0.25) is 0 Å². The third kappa shape index (κ3) is 4.52. The van der Waals surface area contributed by atoms with Crippen molar-refractivity contribution in [2.75, 3.05) is 39.0 Å². The molecule has 0 aromatic heterocycles. The molecule has 5 heteroatoms. The molecule has 1 aromatic carbocycles. The van der Waals surface area contributed by atoms with Crippen molar-refractivity contribution in [1.82, 2.24) is 9.80 Å². The predicted molar refractivity (Wildman–Crippen MR) is 86.1 cm³/mol. The summed E-state index contributed by atoms with van der Waals surface area (Å²) in [5.74, 6) is 0.0373. The molecule has 1 saturated heterocycles. The van der Waals surface area contributed by atoms with Crippen LogP contribution in [0.15, 0.2) is 24.3 Å². The second kappa shape index (κ2) is 7.54. The van der Waals surface area contributed by atoms with Gasteiger partial charge in [-0.3, -0.25) is 9.69 Å². The molecule has 1 atom stereocenters. The Morgan fingerprint density at radius 3 is 2.90 bits per heavy atom. The van der Waals surface area contributed by atoms with Crippen LogP contribution in [0.25, 0.3) is 0 Å². The largest absolute Gasteiger partial charge is 0.326 e. The number of nitrogens with two attached hydrogens (primary N) is 1. The van der Waals surface area contributed by atoms with E-state index in [0.717, 1.165) is 30.8 Å². The van der Waals surface area contributed by atoms with Gasteiger partial charge >= 0.3 is 0 Å². The number of likely N-dealkylation sites (tertiary alicyclic amines) is 1. The van der Waals surface area contributed by atoms with Crippen molar-refractivity contribution in [2.45, 2.75) is 25.4 Å². The number of likely N-dealkylation sites (N-methyl/N-ethyl adjacent to an activating group) is 1. The van der Waals surface area contributed by atoms with Crippen molar-refractivity contribution in [3.63, 3.8) is 0 Å². The van der Waals surface area contributed by atoms with Gasteiger partial charge in [-0.25, -0.2) is 0 Å². The minimum absolute atomic E-state index is 0.0373. The fraction of sp³-hybridized carbons (Fsp3) is 0.562. The van der Waals surface area contributed by atoms with E-state index in [4.69, 9.17) is 5.73 Å². The van der Waals surface area contributed by atoms with Crippen LogP contribution < -0.4 is 11.1 Å². The number of hydrogen-bond acceptors (Lipinski definition) is 4. The fourth-order valence-electron chi connectivity index (χ4n) is 2.81. The van der Waals surface area contributed by atoms with Gasteiger partial charge in [0.05, 0.1) is 6.54 Å². The molecule has 1 fully saturated rings. The van der Waals surface area contributed by atoms with Gasteiger partial charge in [-0.2, -0.15) is 0 Å². The van der Waals surface area contributed by atoms with Gasteiger partial charge < -0.3 is 16.0 Å². The Bertz CT molecular complexity index is 475. The summed E-state index contributed by atoms with van der Waals surface area (Å²) in [5.41, 5.74) is 7.49. The highest BCUT2D eigenvalue weighted by molar-refractivity contribution is 5.93. The Morgan fingerprint density at radius 2 is 2.19 bits per heavy atom. The van der Waals surface area contributed by atoms with Gasteiger partial charge in [-0.15, -0.1) is 0 Å². The molecule has 116 valence electrons. The lowest BCUT2D eigenvalue weighted by Crippen LogP contribution is -2.47. The molecule has 0 aliphatic carbocycles. The van der Waals surface area contributed by atoms with E-state index in [-0.39, 0.29) is 5.91 Å². The highest BCUT2D eigenvalue weighted by Gasteiger charge is 2.22. The maximum atomic E-state index is 12.2. The first-order valence-corrected chi connectivity index (χ1v) is 7.56. The lowest BCUT2D eigenvalue weighted by atomic mass is 10.1. The maximum absolute atomic E-state index is 12.2. The Balaban J connectivity index is 1.89. The molecular weight excluding hydrogens is 264 g/mol. The molecule has 5 nitrogen and oxygen atoms in total. The molecule has 0 saturated carbocycles. The Morgan fingerprint density at radius 1 is 1.43 bits per heavy atom. The summed E-state index contributed by atoms with van der Waals surface area (Å²) in [5, 5.41) is 2.98. The van der Waals surface area contributed by atoms with Gasteiger partial charge in [0.25, 0.3) is 0 Å². The third-order valence-corrected chi connectivity index (χ3v) is 4.09. The van der Waals surface area contributed by atoms with Gasteiger partial charge in [0, 0.05) is 24.8 Å². The SMILES string of the molecule is CN(C)C1CCCN(CC(=O)Nc2ccccc2CN)C1. The molecule has 1 unspecified atom stereocenters. The van der Waals surface area contributed by atoms with Crippen molar-refractivity contribution >= 4 is 11.6 Å². The first-order valence-electron chi connectivity index (χ1n) is 7.56. The highest BCUT2D eigenvalue weighted by atomic mass is 16.2. The van der Waals surface area contributed by atoms with Crippen LogP contribution in [0.5, 0.6) is 0 Å². The molecule has 2 rings (SSSR count). The molecule has 1 heterocycles. The zero-order valence-electron chi connectivity index (χ0n) is 13.0. The standard InChI is InChI=1S/C16H26N4O/c1-19(2)14-7-5-9-20(11-14)12-16(21)18-15-8-4-3-6-13(15)10-17/h3-4,6,8,14H,5,7,9-12,17H2,1-2H3,(H,18,21). The first kappa shape index (κ1) is 15.9. The van der Waals surface area contributed by atoms with E-state index < -0.39 is 0 Å². The molecule has 0 bridgehead atoms. The molecule has 1 amide bonds. The normalized spacial score (nSPS) is 19.7. The van der Waals surface area contributed by atoms with Crippen molar-refractivity contribution in [3.8, 4) is 0 Å². The number of nitrogens with one attached hydrogen (secondary N) is 1. The van der Waals surface area contributed by atoms with Gasteiger partial charge in [0.15, 0.2) is 0 Å². The minimum atomic E-state index is 0.0373. The Kier molecular flexibility index (Phi) is 5.73. The second-order valence-corrected chi connectivity index (χ2v) is 5.90. The summed E-state index contributed by atoms with van der Waals surface area (Å²) >= 11 is 0.